The molecule has 7 nitrogen and oxygen atoms in total. The number of hydrogen-bond acceptors (Lipinski definition) is 7. The van der Waals surface area contributed by atoms with Crippen molar-refractivity contribution in [2.24, 2.45) is 0 Å². The van der Waals surface area contributed by atoms with Gasteiger partial charge in [0, 0.05) is 19.7 Å². The molecule has 0 spiro atoms. The minimum atomic E-state index is -0.365. The zero-order chi connectivity index (χ0) is 20.4. The van der Waals surface area contributed by atoms with Gasteiger partial charge >= 0.3 is 0 Å². The first-order valence-electron chi connectivity index (χ1n) is 9.47. The van der Waals surface area contributed by atoms with Crippen LogP contribution in [0.4, 0.5) is 15.9 Å². The van der Waals surface area contributed by atoms with Gasteiger partial charge in [-0.1, -0.05) is 0 Å². The van der Waals surface area contributed by atoms with E-state index in [-0.39, 0.29) is 17.8 Å². The van der Waals surface area contributed by atoms with Crippen LogP contribution in [-0.4, -0.2) is 42.1 Å². The third-order valence-electron chi connectivity index (χ3n) is 4.90. The average molecular weight is 415 g/mol. The van der Waals surface area contributed by atoms with Crippen molar-refractivity contribution in [3.63, 3.8) is 0 Å². The second-order valence-corrected chi connectivity index (χ2v) is 7.89. The number of aromatic nitrogens is 2. The Morgan fingerprint density at radius 2 is 2.24 bits per heavy atom. The Balaban J connectivity index is 1.70. The summed E-state index contributed by atoms with van der Waals surface area (Å²) in [4.78, 5) is 22.1. The summed E-state index contributed by atoms with van der Waals surface area (Å²) in [5.74, 6) is 0.463. The molecule has 1 unspecified atom stereocenters. The molecule has 3 heterocycles. The lowest BCUT2D eigenvalue weighted by Crippen LogP contribution is -2.37. The van der Waals surface area contributed by atoms with Crippen molar-refractivity contribution in [3.05, 3.63) is 40.8 Å². The highest BCUT2D eigenvalue weighted by Crippen LogP contribution is 2.36. The molecular formula is C20H22FN5O2S. The summed E-state index contributed by atoms with van der Waals surface area (Å²) in [6, 6.07) is 4.39. The van der Waals surface area contributed by atoms with Crippen molar-refractivity contribution >= 4 is 39.0 Å². The Hall–Kier alpha value is -2.78. The van der Waals surface area contributed by atoms with Crippen molar-refractivity contribution in [2.75, 3.05) is 25.5 Å². The van der Waals surface area contributed by atoms with Crippen LogP contribution < -0.4 is 20.7 Å². The van der Waals surface area contributed by atoms with Crippen LogP contribution in [-0.2, 0) is 0 Å². The molecule has 29 heavy (non-hydrogen) atoms. The first-order chi connectivity index (χ1) is 14.1. The van der Waals surface area contributed by atoms with Gasteiger partial charge in [0.2, 0.25) is 0 Å². The van der Waals surface area contributed by atoms with Crippen LogP contribution in [0.15, 0.2) is 24.5 Å². The van der Waals surface area contributed by atoms with Gasteiger partial charge in [0.05, 0.1) is 16.0 Å². The molecular weight excluding hydrogens is 393 g/mol. The third kappa shape index (κ3) is 4.01. The summed E-state index contributed by atoms with van der Waals surface area (Å²) in [6.45, 7) is 3.57. The molecule has 1 aliphatic rings. The number of halogens is 1. The summed E-state index contributed by atoms with van der Waals surface area (Å²) >= 11 is 1.31. The zero-order valence-electron chi connectivity index (χ0n) is 16.2. The molecule has 1 aliphatic heterocycles. The van der Waals surface area contributed by atoms with Crippen molar-refractivity contribution in [3.8, 4) is 5.75 Å². The highest BCUT2D eigenvalue weighted by Gasteiger charge is 2.21. The van der Waals surface area contributed by atoms with Gasteiger partial charge in [-0.05, 0) is 44.0 Å². The largest absolute Gasteiger partial charge is 0.487 e. The van der Waals surface area contributed by atoms with Gasteiger partial charge in [-0.2, -0.15) is 0 Å². The Labute approximate surface area is 171 Å². The summed E-state index contributed by atoms with van der Waals surface area (Å²) < 4.78 is 20.0. The second kappa shape index (κ2) is 8.30. The van der Waals surface area contributed by atoms with Gasteiger partial charge in [0.25, 0.3) is 5.91 Å². The molecule has 9 heteroatoms. The molecule has 1 fully saturated rings. The fourth-order valence-corrected chi connectivity index (χ4v) is 4.52. The highest BCUT2D eigenvalue weighted by atomic mass is 32.1. The standard InChI is InChI=1S/C20H22FN5O2S/c1-11-16-18(24-10-25-20(16)29-17(11)19(27)22-2)26-14-6-5-12(21)8-15(14)28-13-4-3-7-23-9-13/h5-6,8,10,13,23H,3-4,7,9H2,1-2H3,(H,22,27)(H,24,25,26). The maximum atomic E-state index is 13.9. The maximum Gasteiger partial charge on any atom is 0.261 e. The van der Waals surface area contributed by atoms with E-state index in [1.165, 1.54) is 29.8 Å². The van der Waals surface area contributed by atoms with E-state index in [0.29, 0.717) is 27.0 Å². The number of hydrogen-bond donors (Lipinski definition) is 3. The van der Waals surface area contributed by atoms with Gasteiger partial charge in [-0.3, -0.25) is 4.79 Å². The van der Waals surface area contributed by atoms with Gasteiger partial charge < -0.3 is 20.7 Å². The summed E-state index contributed by atoms with van der Waals surface area (Å²) in [5.41, 5.74) is 1.41. The van der Waals surface area contributed by atoms with Crippen LogP contribution in [0.5, 0.6) is 5.75 Å². The molecule has 0 saturated carbocycles. The summed E-state index contributed by atoms with van der Waals surface area (Å²) in [6.07, 6.45) is 3.37. The fraction of sp³-hybridized carbons (Fsp3) is 0.350. The number of ether oxygens (including phenoxy) is 1. The molecule has 1 saturated heterocycles. The van der Waals surface area contributed by atoms with Crippen molar-refractivity contribution in [1.29, 1.82) is 0 Å². The van der Waals surface area contributed by atoms with E-state index in [1.54, 1.807) is 13.1 Å². The number of thiophene rings is 1. The van der Waals surface area contributed by atoms with Crippen molar-refractivity contribution in [2.45, 2.75) is 25.9 Å². The molecule has 2 aromatic heterocycles. The van der Waals surface area contributed by atoms with E-state index < -0.39 is 0 Å². The van der Waals surface area contributed by atoms with Gasteiger partial charge in [0.1, 0.15) is 34.6 Å². The van der Waals surface area contributed by atoms with Crippen LogP contribution in [0.2, 0.25) is 0 Å². The molecule has 1 atom stereocenters. The fourth-order valence-electron chi connectivity index (χ4n) is 3.42. The first-order valence-corrected chi connectivity index (χ1v) is 10.3. The van der Waals surface area contributed by atoms with Crippen LogP contribution in [0.3, 0.4) is 0 Å². The Morgan fingerprint density at radius 3 is 3.00 bits per heavy atom. The quantitative estimate of drug-likeness (QED) is 0.592. The minimum absolute atomic E-state index is 0.0146. The molecule has 0 bridgehead atoms. The molecule has 152 valence electrons. The van der Waals surface area contributed by atoms with Crippen LogP contribution in [0.1, 0.15) is 28.1 Å². The number of fused-ring (bicyclic) bond motifs is 1. The van der Waals surface area contributed by atoms with Crippen LogP contribution in [0, 0.1) is 12.7 Å². The molecule has 3 aromatic rings. The Bertz CT molecular complexity index is 1050. The van der Waals surface area contributed by atoms with E-state index in [4.69, 9.17) is 4.74 Å². The SMILES string of the molecule is CNC(=O)c1sc2ncnc(Nc3ccc(F)cc3OC3CCCNC3)c2c1C. The number of amides is 1. The van der Waals surface area contributed by atoms with Gasteiger partial charge in [-0.25, -0.2) is 14.4 Å². The molecule has 1 aromatic carbocycles. The minimum Gasteiger partial charge on any atom is -0.487 e. The number of carbonyl (C=O) groups excluding carboxylic acids is 1. The van der Waals surface area contributed by atoms with Crippen molar-refractivity contribution < 1.29 is 13.9 Å². The predicted molar refractivity (Wildman–Crippen MR) is 112 cm³/mol. The molecule has 4 rings (SSSR count). The summed E-state index contributed by atoms with van der Waals surface area (Å²) in [7, 11) is 1.60. The van der Waals surface area contributed by atoms with E-state index in [9.17, 15) is 9.18 Å². The number of piperidine rings is 1. The Morgan fingerprint density at radius 1 is 1.38 bits per heavy atom. The van der Waals surface area contributed by atoms with Gasteiger partial charge in [0.15, 0.2) is 0 Å². The van der Waals surface area contributed by atoms with E-state index >= 15 is 0 Å². The monoisotopic (exact) mass is 415 g/mol. The van der Waals surface area contributed by atoms with Gasteiger partial charge in [-0.15, -0.1) is 11.3 Å². The van der Waals surface area contributed by atoms with Crippen LogP contribution in [0.25, 0.3) is 10.2 Å². The lowest BCUT2D eigenvalue weighted by atomic mass is 10.1. The smallest absolute Gasteiger partial charge is 0.261 e. The zero-order valence-corrected chi connectivity index (χ0v) is 17.0. The maximum absolute atomic E-state index is 13.9. The number of nitrogens with one attached hydrogen (secondary N) is 3. The number of nitrogens with zero attached hydrogens (tertiary/aromatic N) is 2. The second-order valence-electron chi connectivity index (χ2n) is 6.89. The third-order valence-corrected chi connectivity index (χ3v) is 6.10. The number of aryl methyl sites for hydroxylation is 1. The Kier molecular flexibility index (Phi) is 5.59. The average Bonchev–Trinajstić information content (AvgIpc) is 3.08. The summed E-state index contributed by atoms with van der Waals surface area (Å²) in [5, 5.41) is 9.97. The van der Waals surface area contributed by atoms with E-state index in [0.717, 1.165) is 36.9 Å². The number of anilines is 2. The van der Waals surface area contributed by atoms with Crippen LogP contribution >= 0.6 is 11.3 Å². The normalized spacial score (nSPS) is 16.6. The van der Waals surface area contributed by atoms with E-state index in [1.807, 2.05) is 6.92 Å². The number of carbonyl (C=O) groups is 1. The molecule has 1 amide bonds. The number of rotatable bonds is 5. The topological polar surface area (TPSA) is 88.2 Å². The first kappa shape index (κ1) is 19.5. The predicted octanol–water partition coefficient (Wildman–Crippen LogP) is 3.37. The van der Waals surface area contributed by atoms with E-state index in [2.05, 4.69) is 25.9 Å². The molecule has 3 N–H and O–H groups in total. The highest BCUT2D eigenvalue weighted by molar-refractivity contribution is 7.20. The molecule has 0 aliphatic carbocycles. The lowest BCUT2D eigenvalue weighted by Gasteiger charge is -2.25. The lowest BCUT2D eigenvalue weighted by molar-refractivity contribution is 0.0966. The molecule has 0 radical (unpaired) electrons. The van der Waals surface area contributed by atoms with Crippen molar-refractivity contribution in [1.82, 2.24) is 20.6 Å². The number of benzene rings is 1.